The van der Waals surface area contributed by atoms with Gasteiger partial charge in [-0.1, -0.05) is 92.2 Å². The van der Waals surface area contributed by atoms with Crippen LogP contribution in [-0.4, -0.2) is 46.8 Å². The van der Waals surface area contributed by atoms with Crippen LogP contribution in [0.1, 0.15) is 51.7 Å². The van der Waals surface area contributed by atoms with Gasteiger partial charge < -0.3 is 15.1 Å². The molecule has 0 atom stereocenters. The first-order chi connectivity index (χ1) is 22.2. The van der Waals surface area contributed by atoms with Gasteiger partial charge in [0.2, 0.25) is 5.69 Å². The lowest BCUT2D eigenvalue weighted by Crippen LogP contribution is -2.28. The molecule has 2 heterocycles. The van der Waals surface area contributed by atoms with E-state index in [2.05, 4.69) is 134 Å². The van der Waals surface area contributed by atoms with Crippen molar-refractivity contribution in [2.45, 2.75) is 51.4 Å². The van der Waals surface area contributed by atoms with Gasteiger partial charge in [0, 0.05) is 46.1 Å². The van der Waals surface area contributed by atoms with E-state index >= 15 is 0 Å². The van der Waals surface area contributed by atoms with Crippen molar-refractivity contribution in [2.24, 2.45) is 0 Å². The van der Waals surface area contributed by atoms with Crippen LogP contribution in [0.15, 0.2) is 119 Å². The topological polar surface area (TPSA) is 46.7 Å². The molecule has 0 aromatic heterocycles. The first-order valence-electron chi connectivity index (χ1n) is 16.4. The SMILES string of the molecule is CC1(C)C(=CC=C2CCC(C=CC3=[N+](CCO)c4ccc5ccccc5c4C3(C)C)=C2Cl)N(CCO)c2ccc3ccccc3c21. The second-order valence-electron chi connectivity index (χ2n) is 13.7. The summed E-state index contributed by atoms with van der Waals surface area (Å²) in [6, 6.07) is 25.9. The van der Waals surface area contributed by atoms with Gasteiger partial charge in [-0.3, -0.25) is 0 Å². The lowest BCUT2D eigenvalue weighted by molar-refractivity contribution is -0.440. The number of hydrogen-bond donors (Lipinski definition) is 2. The maximum absolute atomic E-state index is 10.0. The van der Waals surface area contributed by atoms with Crippen molar-refractivity contribution in [2.75, 3.05) is 31.2 Å². The average Bonchev–Trinajstić information content (AvgIpc) is 3.59. The van der Waals surface area contributed by atoms with Crippen molar-refractivity contribution in [3.63, 3.8) is 0 Å². The van der Waals surface area contributed by atoms with Crippen molar-refractivity contribution in [3.05, 3.63) is 130 Å². The molecule has 0 radical (unpaired) electrons. The minimum absolute atomic E-state index is 0.0774. The molecule has 0 spiro atoms. The lowest BCUT2D eigenvalue weighted by Gasteiger charge is -2.26. The van der Waals surface area contributed by atoms with E-state index in [0.29, 0.717) is 13.1 Å². The number of anilines is 1. The minimum Gasteiger partial charge on any atom is -0.395 e. The van der Waals surface area contributed by atoms with Gasteiger partial charge in [-0.25, -0.2) is 0 Å². The fourth-order valence-electron chi connectivity index (χ4n) is 8.12. The summed E-state index contributed by atoms with van der Waals surface area (Å²) in [6.45, 7) is 10.3. The predicted octanol–water partition coefficient (Wildman–Crippen LogP) is 8.80. The molecule has 4 aromatic rings. The van der Waals surface area contributed by atoms with Crippen LogP contribution in [-0.2, 0) is 10.8 Å². The normalized spacial score (nSPS) is 20.4. The first-order valence-corrected chi connectivity index (χ1v) is 16.7. The van der Waals surface area contributed by atoms with Crippen LogP contribution in [0.5, 0.6) is 0 Å². The van der Waals surface area contributed by atoms with Crippen LogP contribution in [0, 0.1) is 0 Å². The Bertz CT molecular complexity index is 2040. The number of halogens is 1. The third-order valence-corrected chi connectivity index (χ3v) is 10.8. The Kier molecular flexibility index (Phi) is 7.79. The number of rotatable bonds is 7. The molecule has 0 saturated carbocycles. The number of nitrogens with zero attached hydrogens (tertiary/aromatic N) is 2. The van der Waals surface area contributed by atoms with Gasteiger partial charge in [-0.15, -0.1) is 0 Å². The highest BCUT2D eigenvalue weighted by Crippen LogP contribution is 2.51. The van der Waals surface area contributed by atoms with Crippen molar-refractivity contribution in [3.8, 4) is 0 Å². The van der Waals surface area contributed by atoms with E-state index in [1.165, 1.54) is 44.1 Å². The molecular weight excluding hydrogens is 588 g/mol. The first kappa shape index (κ1) is 30.7. The summed E-state index contributed by atoms with van der Waals surface area (Å²) < 4.78 is 2.27. The van der Waals surface area contributed by atoms with Gasteiger partial charge >= 0.3 is 0 Å². The van der Waals surface area contributed by atoms with E-state index in [1.54, 1.807) is 0 Å². The van der Waals surface area contributed by atoms with Crippen LogP contribution in [0.3, 0.4) is 0 Å². The number of hydrogen-bond acceptors (Lipinski definition) is 3. The zero-order valence-corrected chi connectivity index (χ0v) is 27.9. The largest absolute Gasteiger partial charge is 0.395 e. The van der Waals surface area contributed by atoms with E-state index in [9.17, 15) is 10.2 Å². The van der Waals surface area contributed by atoms with Crippen LogP contribution < -0.4 is 4.90 Å². The van der Waals surface area contributed by atoms with Crippen LogP contribution in [0.2, 0.25) is 0 Å². The highest BCUT2D eigenvalue weighted by Gasteiger charge is 2.45. The maximum atomic E-state index is 10.0. The smallest absolute Gasteiger partial charge is 0.210 e. The Morgan fingerprint density at radius 3 is 2.13 bits per heavy atom. The molecule has 4 aromatic carbocycles. The summed E-state index contributed by atoms with van der Waals surface area (Å²) >= 11 is 7.10. The van der Waals surface area contributed by atoms with Gasteiger partial charge in [-0.2, -0.15) is 4.58 Å². The fraction of sp³-hybridized carbons (Fsp3) is 0.293. The summed E-state index contributed by atoms with van der Waals surface area (Å²) in [5, 5.41) is 25.8. The molecule has 7 rings (SSSR count). The van der Waals surface area contributed by atoms with Gasteiger partial charge in [-0.05, 0) is 83.2 Å². The Morgan fingerprint density at radius 1 is 0.761 bits per heavy atom. The summed E-state index contributed by atoms with van der Waals surface area (Å²) in [4.78, 5) is 2.27. The Labute approximate surface area is 276 Å². The summed E-state index contributed by atoms with van der Waals surface area (Å²) in [5.41, 5.74) is 9.06. The molecule has 3 aliphatic rings. The van der Waals surface area contributed by atoms with Gasteiger partial charge in [0.25, 0.3) is 0 Å². The Hall–Kier alpha value is -3.96. The minimum atomic E-state index is -0.236. The lowest BCUT2D eigenvalue weighted by atomic mass is 9.79. The molecule has 234 valence electrons. The molecular formula is C41H42ClN2O2+. The highest BCUT2D eigenvalue weighted by molar-refractivity contribution is 6.33. The average molecular weight is 630 g/mol. The van der Waals surface area contributed by atoms with Crippen molar-refractivity contribution < 1.29 is 14.8 Å². The molecule has 5 heteroatoms. The van der Waals surface area contributed by atoms with E-state index in [-0.39, 0.29) is 24.0 Å². The second kappa shape index (κ2) is 11.7. The highest BCUT2D eigenvalue weighted by atomic mass is 35.5. The number of β-amino-alcohol motifs (C(OH)–C–C–N with tert-alkyl or cyclic N) is 2. The number of allylic oxidation sites excluding steroid dienone is 8. The number of aliphatic hydroxyl groups is 2. The molecule has 1 aliphatic carbocycles. The van der Waals surface area contributed by atoms with Gasteiger partial charge in [0.15, 0.2) is 12.3 Å². The molecule has 4 nitrogen and oxygen atoms in total. The molecule has 2 aliphatic heterocycles. The summed E-state index contributed by atoms with van der Waals surface area (Å²) in [7, 11) is 0. The number of fused-ring (bicyclic) bond motifs is 6. The van der Waals surface area contributed by atoms with Crippen LogP contribution in [0.25, 0.3) is 21.5 Å². The Balaban J connectivity index is 1.24. The quantitative estimate of drug-likeness (QED) is 0.201. The zero-order chi connectivity index (χ0) is 32.2. The van der Waals surface area contributed by atoms with E-state index in [1.807, 2.05) is 0 Å². The monoisotopic (exact) mass is 629 g/mol. The molecule has 0 amide bonds. The summed E-state index contributed by atoms with van der Waals surface area (Å²) in [5.74, 6) is 0. The van der Waals surface area contributed by atoms with Crippen LogP contribution >= 0.6 is 11.6 Å². The predicted molar refractivity (Wildman–Crippen MR) is 193 cm³/mol. The standard InChI is InChI=1S/C41H42ClN2O2/c1-40(2)35(43(23-25-45)33-19-15-27-9-5-7-11-31(27)37(33)40)21-17-29-13-14-30(39(29)42)18-22-36-41(3,4)38-32-12-8-6-10-28(32)16-20-34(38)44(36)24-26-46/h5-12,15-22,45-46H,13-14,23-26H2,1-4H3/q+1. The van der Waals surface area contributed by atoms with Gasteiger partial charge in [0.1, 0.15) is 6.61 Å². The number of benzene rings is 4. The van der Waals surface area contributed by atoms with Gasteiger partial charge in [0.05, 0.1) is 12.0 Å². The van der Waals surface area contributed by atoms with Crippen molar-refractivity contribution >= 4 is 50.2 Å². The molecule has 0 saturated heterocycles. The van der Waals surface area contributed by atoms with Crippen molar-refractivity contribution in [1.82, 2.24) is 0 Å². The van der Waals surface area contributed by atoms with Crippen molar-refractivity contribution in [1.29, 1.82) is 0 Å². The molecule has 0 fully saturated rings. The molecule has 0 unspecified atom stereocenters. The fourth-order valence-corrected chi connectivity index (χ4v) is 8.43. The molecule has 0 bridgehead atoms. The zero-order valence-electron chi connectivity index (χ0n) is 27.1. The van der Waals surface area contributed by atoms with Crippen LogP contribution in [0.4, 0.5) is 11.4 Å². The molecule has 2 N–H and O–H groups in total. The maximum Gasteiger partial charge on any atom is 0.210 e. The Morgan fingerprint density at radius 2 is 1.43 bits per heavy atom. The van der Waals surface area contributed by atoms with E-state index in [4.69, 9.17) is 11.6 Å². The third kappa shape index (κ3) is 4.78. The second-order valence-corrected chi connectivity index (χ2v) is 14.0. The van der Waals surface area contributed by atoms with E-state index < -0.39 is 0 Å². The summed E-state index contributed by atoms with van der Waals surface area (Å²) in [6.07, 6.45) is 10.6. The number of aliphatic hydroxyl groups excluding tert-OH is 2. The van der Waals surface area contributed by atoms with E-state index in [0.717, 1.165) is 40.4 Å². The third-order valence-electron chi connectivity index (χ3n) is 10.3. The molecule has 46 heavy (non-hydrogen) atoms.